The molecule has 0 saturated carbocycles. The Kier molecular flexibility index (Phi) is 2.43. The van der Waals surface area contributed by atoms with Crippen molar-refractivity contribution < 1.29 is 4.39 Å². The Balaban J connectivity index is 2.99. The minimum atomic E-state index is -0.522. The molecule has 0 unspecified atom stereocenters. The molecule has 0 radical (unpaired) electrons. The maximum atomic E-state index is 12.4. The Morgan fingerprint density at radius 3 is 2.64 bits per heavy atom. The van der Waals surface area contributed by atoms with Gasteiger partial charge in [0.05, 0.1) is 11.9 Å². The first-order chi connectivity index (χ1) is 5.00. The van der Waals surface area contributed by atoms with E-state index < -0.39 is 3.55 Å². The minimum absolute atomic E-state index is 0.339. The molecular weight excluding hydrogens is 258 g/mol. The van der Waals surface area contributed by atoms with Gasteiger partial charge >= 0.3 is 0 Å². The summed E-state index contributed by atoms with van der Waals surface area (Å²) in [7, 11) is 0. The second kappa shape index (κ2) is 3.02. The number of aromatic nitrogens is 1. The van der Waals surface area contributed by atoms with Gasteiger partial charge in [-0.1, -0.05) is 22.6 Å². The average Bonchev–Trinajstić information content (AvgIpc) is 1.86. The van der Waals surface area contributed by atoms with E-state index in [1.54, 1.807) is 6.07 Å². The summed E-state index contributed by atoms with van der Waals surface area (Å²) in [6, 6.07) is 2.94. The quantitative estimate of drug-likeness (QED) is 0.478. The van der Waals surface area contributed by atoms with Crippen LogP contribution in [-0.4, -0.2) is 4.98 Å². The highest BCUT2D eigenvalue weighted by atomic mass is 127. The third-order valence-corrected chi connectivity index (χ3v) is 1.78. The van der Waals surface area contributed by atoms with E-state index in [0.717, 1.165) is 0 Å². The van der Waals surface area contributed by atoms with Gasteiger partial charge in [-0.15, -0.1) is 0 Å². The van der Waals surface area contributed by atoms with Gasteiger partial charge in [-0.25, -0.2) is 4.39 Å². The molecule has 0 aromatic carbocycles. The molecule has 0 aliphatic carbocycles. The van der Waals surface area contributed by atoms with Crippen molar-refractivity contribution in [3.63, 3.8) is 0 Å². The van der Waals surface area contributed by atoms with Crippen LogP contribution in [0.4, 0.5) is 4.39 Å². The fraction of sp³-hybridized carbons (Fsp3) is 0.286. The molecule has 0 aliphatic heterocycles. The van der Waals surface area contributed by atoms with Crippen LogP contribution in [0.25, 0.3) is 0 Å². The number of hydrogen-bond acceptors (Lipinski definition) is 2. The van der Waals surface area contributed by atoms with Crippen LogP contribution >= 0.6 is 22.6 Å². The third-order valence-electron chi connectivity index (χ3n) is 1.23. The Bertz CT molecular complexity index is 240. The number of nitrogens with zero attached hydrogens (tertiary/aromatic N) is 1. The Morgan fingerprint density at radius 1 is 1.64 bits per heavy atom. The molecule has 0 spiro atoms. The highest BCUT2D eigenvalue weighted by Gasteiger charge is 2.17. The molecule has 11 heavy (non-hydrogen) atoms. The van der Waals surface area contributed by atoms with Gasteiger partial charge in [-0.3, -0.25) is 4.98 Å². The van der Waals surface area contributed by atoms with Crippen LogP contribution in [0.3, 0.4) is 0 Å². The fourth-order valence-electron chi connectivity index (χ4n) is 0.665. The lowest BCUT2D eigenvalue weighted by Crippen LogP contribution is -2.25. The molecular formula is C7H8FIN2. The van der Waals surface area contributed by atoms with Crippen LogP contribution < -0.4 is 5.73 Å². The standard InChI is InChI=1S/C7H8FIN2/c1-7(9,10)6-3-2-5(8)4-11-6/h2-4H,10H2,1H3/t7-/m1/s1. The largest absolute Gasteiger partial charge is 0.312 e. The summed E-state index contributed by atoms with van der Waals surface area (Å²) in [6.07, 6.45) is 1.17. The van der Waals surface area contributed by atoms with Crippen LogP contribution in [0.5, 0.6) is 0 Å². The molecule has 0 bridgehead atoms. The van der Waals surface area contributed by atoms with Crippen LogP contribution in [-0.2, 0) is 3.55 Å². The molecule has 0 aliphatic rings. The van der Waals surface area contributed by atoms with E-state index in [2.05, 4.69) is 4.98 Å². The topological polar surface area (TPSA) is 38.9 Å². The highest BCUT2D eigenvalue weighted by molar-refractivity contribution is 14.1. The van der Waals surface area contributed by atoms with Crippen molar-refractivity contribution in [3.05, 3.63) is 29.8 Å². The van der Waals surface area contributed by atoms with E-state index in [1.165, 1.54) is 12.3 Å². The molecule has 2 N–H and O–H groups in total. The first kappa shape index (κ1) is 8.86. The molecule has 1 aromatic rings. The summed E-state index contributed by atoms with van der Waals surface area (Å²) in [5.74, 6) is -0.339. The summed E-state index contributed by atoms with van der Waals surface area (Å²) >= 11 is 2.05. The molecule has 0 fully saturated rings. The number of halogens is 2. The zero-order chi connectivity index (χ0) is 8.48. The predicted octanol–water partition coefficient (Wildman–Crippen LogP) is 1.79. The SMILES string of the molecule is C[C@](N)(I)c1ccc(F)cn1. The highest BCUT2D eigenvalue weighted by Crippen LogP contribution is 2.22. The van der Waals surface area contributed by atoms with Crippen molar-refractivity contribution in [1.82, 2.24) is 4.98 Å². The summed E-state index contributed by atoms with van der Waals surface area (Å²) in [4.78, 5) is 3.84. The zero-order valence-electron chi connectivity index (χ0n) is 6.01. The van der Waals surface area contributed by atoms with Crippen LogP contribution in [0, 0.1) is 5.82 Å². The van der Waals surface area contributed by atoms with Crippen molar-refractivity contribution in [2.75, 3.05) is 0 Å². The zero-order valence-corrected chi connectivity index (χ0v) is 8.17. The van der Waals surface area contributed by atoms with Gasteiger partial charge in [0.15, 0.2) is 0 Å². The van der Waals surface area contributed by atoms with Gasteiger partial charge in [0.2, 0.25) is 0 Å². The maximum Gasteiger partial charge on any atom is 0.141 e. The van der Waals surface area contributed by atoms with Crippen molar-refractivity contribution in [2.24, 2.45) is 5.73 Å². The number of nitrogens with two attached hydrogens (primary N) is 1. The summed E-state index contributed by atoms with van der Waals surface area (Å²) in [6.45, 7) is 1.81. The fourth-order valence-corrected chi connectivity index (χ4v) is 0.984. The molecule has 60 valence electrons. The number of alkyl halides is 1. The smallest absolute Gasteiger partial charge is 0.141 e. The van der Waals surface area contributed by atoms with E-state index in [0.29, 0.717) is 5.69 Å². The van der Waals surface area contributed by atoms with E-state index >= 15 is 0 Å². The lowest BCUT2D eigenvalue weighted by Gasteiger charge is -2.14. The van der Waals surface area contributed by atoms with Gasteiger partial charge < -0.3 is 5.73 Å². The van der Waals surface area contributed by atoms with E-state index in [4.69, 9.17) is 5.73 Å². The number of rotatable bonds is 1. The second-order valence-electron chi connectivity index (χ2n) is 2.44. The van der Waals surface area contributed by atoms with Crippen molar-refractivity contribution in [2.45, 2.75) is 10.5 Å². The predicted molar refractivity (Wildman–Crippen MR) is 49.8 cm³/mol. The van der Waals surface area contributed by atoms with E-state index in [-0.39, 0.29) is 5.82 Å². The Labute approximate surface area is 78.1 Å². The lowest BCUT2D eigenvalue weighted by molar-refractivity contribution is 0.614. The number of pyridine rings is 1. The first-order valence-corrected chi connectivity index (χ1v) is 4.18. The van der Waals surface area contributed by atoms with Crippen molar-refractivity contribution in [1.29, 1.82) is 0 Å². The van der Waals surface area contributed by atoms with Gasteiger partial charge in [0.1, 0.15) is 9.36 Å². The molecule has 1 heterocycles. The van der Waals surface area contributed by atoms with Gasteiger partial charge in [0, 0.05) is 0 Å². The van der Waals surface area contributed by atoms with Gasteiger partial charge in [-0.2, -0.15) is 0 Å². The Morgan fingerprint density at radius 2 is 2.27 bits per heavy atom. The first-order valence-electron chi connectivity index (χ1n) is 3.10. The molecule has 2 nitrogen and oxygen atoms in total. The number of hydrogen-bond donors (Lipinski definition) is 1. The summed E-state index contributed by atoms with van der Waals surface area (Å²) in [5.41, 5.74) is 6.39. The summed E-state index contributed by atoms with van der Waals surface area (Å²) in [5, 5.41) is 0. The van der Waals surface area contributed by atoms with Gasteiger partial charge in [-0.05, 0) is 19.1 Å². The Hall–Kier alpha value is -0.230. The van der Waals surface area contributed by atoms with E-state index in [9.17, 15) is 4.39 Å². The normalized spacial score (nSPS) is 16.0. The average molecular weight is 266 g/mol. The van der Waals surface area contributed by atoms with Crippen LogP contribution in [0.2, 0.25) is 0 Å². The monoisotopic (exact) mass is 266 g/mol. The van der Waals surface area contributed by atoms with Crippen LogP contribution in [0.1, 0.15) is 12.6 Å². The van der Waals surface area contributed by atoms with Gasteiger partial charge in [0.25, 0.3) is 0 Å². The van der Waals surface area contributed by atoms with Crippen LogP contribution in [0.15, 0.2) is 18.3 Å². The molecule has 4 heteroatoms. The molecule has 0 amide bonds. The molecule has 0 saturated heterocycles. The second-order valence-corrected chi connectivity index (χ2v) is 4.68. The molecule has 1 atom stereocenters. The maximum absolute atomic E-state index is 12.4. The van der Waals surface area contributed by atoms with Crippen molar-refractivity contribution in [3.8, 4) is 0 Å². The molecule has 1 aromatic heterocycles. The summed E-state index contributed by atoms with van der Waals surface area (Å²) < 4.78 is 11.8. The molecule has 1 rings (SSSR count). The third kappa shape index (κ3) is 2.37. The van der Waals surface area contributed by atoms with E-state index in [1.807, 2.05) is 29.5 Å². The minimum Gasteiger partial charge on any atom is -0.312 e. The van der Waals surface area contributed by atoms with Crippen molar-refractivity contribution >= 4 is 22.6 Å². The lowest BCUT2D eigenvalue weighted by atomic mass is 10.2.